The fraction of sp³-hybridized carbons (Fsp3) is 0.588. The number of hydrogen-bond donors (Lipinski definition) is 0. The predicted octanol–water partition coefficient (Wildman–Crippen LogP) is 4.08. The summed E-state index contributed by atoms with van der Waals surface area (Å²) >= 11 is 3.94. The lowest BCUT2D eigenvalue weighted by molar-refractivity contribution is -0.117. The zero-order valence-corrected chi connectivity index (χ0v) is 13.4. The molecular weight excluding hydrogens is 314 g/mol. The SMILES string of the molecule is CN1C(=O)Cc2cc(C(Br)C3C4CCCCC43)ccc21. The van der Waals surface area contributed by atoms with Crippen molar-refractivity contribution in [3.05, 3.63) is 29.3 Å². The van der Waals surface area contributed by atoms with Gasteiger partial charge in [0.15, 0.2) is 0 Å². The number of fused-ring (bicyclic) bond motifs is 2. The maximum Gasteiger partial charge on any atom is 0.231 e. The molecule has 1 aromatic rings. The highest BCUT2D eigenvalue weighted by molar-refractivity contribution is 9.09. The van der Waals surface area contributed by atoms with Crippen molar-refractivity contribution in [2.24, 2.45) is 17.8 Å². The quantitative estimate of drug-likeness (QED) is 0.747. The van der Waals surface area contributed by atoms with Crippen LogP contribution in [0, 0.1) is 17.8 Å². The highest BCUT2D eigenvalue weighted by Crippen LogP contribution is 2.62. The van der Waals surface area contributed by atoms with Crippen molar-refractivity contribution in [1.82, 2.24) is 0 Å². The number of likely N-dealkylation sites (N-methyl/N-ethyl adjacent to an activating group) is 1. The van der Waals surface area contributed by atoms with Crippen molar-refractivity contribution < 1.29 is 4.79 Å². The summed E-state index contributed by atoms with van der Waals surface area (Å²) in [5.41, 5.74) is 3.65. The highest BCUT2D eigenvalue weighted by Gasteiger charge is 2.53. The minimum atomic E-state index is 0.211. The van der Waals surface area contributed by atoms with E-state index in [2.05, 4.69) is 34.1 Å². The van der Waals surface area contributed by atoms with Crippen LogP contribution < -0.4 is 4.90 Å². The third-order valence-electron chi connectivity index (χ3n) is 5.56. The largest absolute Gasteiger partial charge is 0.315 e. The van der Waals surface area contributed by atoms with E-state index in [0.717, 1.165) is 23.4 Å². The second-order valence-corrected chi connectivity index (χ2v) is 7.60. The lowest BCUT2D eigenvalue weighted by atomic mass is 10.0. The molecule has 20 heavy (non-hydrogen) atoms. The van der Waals surface area contributed by atoms with Gasteiger partial charge in [-0.2, -0.15) is 0 Å². The van der Waals surface area contributed by atoms with Crippen LogP contribution in [0.4, 0.5) is 5.69 Å². The topological polar surface area (TPSA) is 20.3 Å². The number of benzene rings is 1. The van der Waals surface area contributed by atoms with E-state index in [9.17, 15) is 4.79 Å². The summed E-state index contributed by atoms with van der Waals surface area (Å²) in [6, 6.07) is 6.58. The van der Waals surface area contributed by atoms with Gasteiger partial charge in [0.05, 0.1) is 6.42 Å². The first-order valence-electron chi connectivity index (χ1n) is 7.70. The van der Waals surface area contributed by atoms with Crippen molar-refractivity contribution in [2.75, 3.05) is 11.9 Å². The van der Waals surface area contributed by atoms with Crippen LogP contribution in [-0.4, -0.2) is 13.0 Å². The van der Waals surface area contributed by atoms with E-state index in [1.165, 1.54) is 36.8 Å². The van der Waals surface area contributed by atoms with E-state index in [-0.39, 0.29) is 5.91 Å². The van der Waals surface area contributed by atoms with Gasteiger partial charge in [-0.25, -0.2) is 0 Å². The molecule has 3 heteroatoms. The molecule has 1 aliphatic heterocycles. The van der Waals surface area contributed by atoms with Gasteiger partial charge in [0.25, 0.3) is 0 Å². The zero-order chi connectivity index (χ0) is 13.9. The fourth-order valence-electron chi connectivity index (χ4n) is 4.37. The van der Waals surface area contributed by atoms with Crippen LogP contribution in [0.25, 0.3) is 0 Å². The van der Waals surface area contributed by atoms with E-state index < -0.39 is 0 Å². The number of amides is 1. The zero-order valence-electron chi connectivity index (χ0n) is 11.8. The molecule has 2 saturated carbocycles. The van der Waals surface area contributed by atoms with E-state index in [1.807, 2.05) is 7.05 Å². The maximum atomic E-state index is 11.8. The van der Waals surface area contributed by atoms with E-state index in [1.54, 1.807) is 4.90 Å². The van der Waals surface area contributed by atoms with Crippen LogP contribution in [0.3, 0.4) is 0 Å². The summed E-state index contributed by atoms with van der Waals surface area (Å²) in [6.45, 7) is 0. The molecule has 1 heterocycles. The maximum absolute atomic E-state index is 11.8. The van der Waals surface area contributed by atoms with Crippen molar-refractivity contribution in [1.29, 1.82) is 0 Å². The average Bonchev–Trinajstić information content (AvgIpc) is 3.12. The molecule has 2 nitrogen and oxygen atoms in total. The fourth-order valence-corrected chi connectivity index (χ4v) is 5.43. The third kappa shape index (κ3) is 1.86. The monoisotopic (exact) mass is 333 g/mol. The molecular formula is C17H20BrNO. The third-order valence-corrected chi connectivity index (χ3v) is 6.70. The molecule has 3 atom stereocenters. The van der Waals surface area contributed by atoms with Gasteiger partial charge in [-0.15, -0.1) is 0 Å². The van der Waals surface area contributed by atoms with E-state index in [0.29, 0.717) is 11.2 Å². The summed E-state index contributed by atoms with van der Waals surface area (Å²) in [7, 11) is 1.87. The number of carbonyl (C=O) groups excluding carboxylic acids is 1. The second-order valence-electron chi connectivity index (χ2n) is 6.61. The number of carbonyl (C=O) groups is 1. The molecule has 0 radical (unpaired) electrons. The summed E-state index contributed by atoms with van der Waals surface area (Å²) < 4.78 is 0. The number of rotatable bonds is 2. The molecule has 2 aliphatic carbocycles. The summed E-state index contributed by atoms with van der Waals surface area (Å²) in [6.07, 6.45) is 6.24. The Morgan fingerprint density at radius 1 is 1.25 bits per heavy atom. The Labute approximate surface area is 128 Å². The van der Waals surface area contributed by atoms with Crippen LogP contribution in [0.5, 0.6) is 0 Å². The first kappa shape index (κ1) is 12.9. The van der Waals surface area contributed by atoms with Gasteiger partial charge < -0.3 is 4.90 Å². The predicted molar refractivity (Wildman–Crippen MR) is 84.2 cm³/mol. The molecule has 0 spiro atoms. The Kier molecular flexibility index (Phi) is 2.95. The standard InChI is InChI=1S/C17H20BrNO/c1-19-14-7-6-10(8-11(14)9-15(19)20)17(18)16-12-4-2-3-5-13(12)16/h6-8,12-13,16-17H,2-5,9H2,1H3. The van der Waals surface area contributed by atoms with Crippen LogP contribution in [0.1, 0.15) is 41.6 Å². The first-order valence-corrected chi connectivity index (χ1v) is 8.62. The van der Waals surface area contributed by atoms with E-state index in [4.69, 9.17) is 0 Å². The van der Waals surface area contributed by atoms with Crippen LogP contribution >= 0.6 is 15.9 Å². The number of alkyl halides is 1. The molecule has 2 fully saturated rings. The molecule has 0 saturated heterocycles. The number of hydrogen-bond acceptors (Lipinski definition) is 1. The number of halogens is 1. The van der Waals surface area contributed by atoms with Crippen molar-refractivity contribution >= 4 is 27.5 Å². The molecule has 106 valence electrons. The van der Waals surface area contributed by atoms with Crippen LogP contribution in [-0.2, 0) is 11.2 Å². The molecule has 0 bridgehead atoms. The Hall–Kier alpha value is -0.830. The Morgan fingerprint density at radius 2 is 1.95 bits per heavy atom. The average molecular weight is 334 g/mol. The van der Waals surface area contributed by atoms with Gasteiger partial charge in [0.1, 0.15) is 0 Å². The van der Waals surface area contributed by atoms with Gasteiger partial charge in [0.2, 0.25) is 5.91 Å². The Balaban J connectivity index is 1.58. The summed E-state index contributed by atoms with van der Waals surface area (Å²) in [5.74, 6) is 2.94. The second kappa shape index (κ2) is 4.59. The molecule has 1 aromatic carbocycles. The van der Waals surface area contributed by atoms with Crippen molar-refractivity contribution in [3.63, 3.8) is 0 Å². The molecule has 0 N–H and O–H groups in total. The van der Waals surface area contributed by atoms with Crippen LogP contribution in [0.15, 0.2) is 18.2 Å². The normalized spacial score (nSPS) is 32.8. The van der Waals surface area contributed by atoms with Crippen LogP contribution in [0.2, 0.25) is 0 Å². The Morgan fingerprint density at radius 3 is 2.65 bits per heavy atom. The molecule has 0 aromatic heterocycles. The van der Waals surface area contributed by atoms with Crippen molar-refractivity contribution in [2.45, 2.75) is 36.9 Å². The number of anilines is 1. The van der Waals surface area contributed by atoms with Gasteiger partial charge in [-0.1, -0.05) is 40.9 Å². The van der Waals surface area contributed by atoms with Gasteiger partial charge in [-0.3, -0.25) is 4.79 Å². The summed E-state index contributed by atoms with van der Waals surface area (Å²) in [5, 5.41) is 0. The molecule has 3 aliphatic rings. The molecule has 4 rings (SSSR count). The van der Waals surface area contributed by atoms with Gasteiger partial charge >= 0.3 is 0 Å². The van der Waals surface area contributed by atoms with Crippen molar-refractivity contribution in [3.8, 4) is 0 Å². The van der Waals surface area contributed by atoms with E-state index >= 15 is 0 Å². The molecule has 3 unspecified atom stereocenters. The number of nitrogens with zero attached hydrogens (tertiary/aromatic N) is 1. The minimum absolute atomic E-state index is 0.211. The van der Waals surface area contributed by atoms with Gasteiger partial charge in [-0.05, 0) is 47.8 Å². The smallest absolute Gasteiger partial charge is 0.231 e. The minimum Gasteiger partial charge on any atom is -0.315 e. The van der Waals surface area contributed by atoms with Gasteiger partial charge in [0, 0.05) is 17.6 Å². The lowest BCUT2D eigenvalue weighted by Crippen LogP contribution is -2.20. The lowest BCUT2D eigenvalue weighted by Gasteiger charge is -2.14. The molecule has 1 amide bonds. The summed E-state index contributed by atoms with van der Waals surface area (Å²) in [4.78, 5) is 14.0. The Bertz CT molecular complexity index is 558. The first-order chi connectivity index (χ1) is 9.66. The highest BCUT2D eigenvalue weighted by atomic mass is 79.9.